The summed E-state index contributed by atoms with van der Waals surface area (Å²) in [4.78, 5) is 27.0. The lowest BCUT2D eigenvalue weighted by atomic mass is 9.96. The Balaban J connectivity index is 1.93. The molecule has 2 amide bonds. The summed E-state index contributed by atoms with van der Waals surface area (Å²) in [7, 11) is 1.64. The van der Waals surface area contributed by atoms with Crippen LogP contribution in [0.4, 0.5) is 0 Å². The SMILES string of the molecule is CC(=C1NC(=O)C(Cc2ccccc2)N(C)C1=O)c1ccccc1C#N. The lowest BCUT2D eigenvalue weighted by Crippen LogP contribution is -2.56. The number of piperazine rings is 1. The van der Waals surface area contributed by atoms with Crippen LogP contribution in [0.1, 0.15) is 23.6 Å². The molecule has 5 nitrogen and oxygen atoms in total. The Morgan fingerprint density at radius 3 is 2.46 bits per heavy atom. The standard InChI is InChI=1S/C21H19N3O2/c1-14(17-11-7-6-10-16(17)13-22)19-21(26)24(2)18(20(25)23-19)12-15-8-4-3-5-9-15/h3-11,18H,12H2,1-2H3,(H,23,25). The maximum atomic E-state index is 12.9. The lowest BCUT2D eigenvalue weighted by molar-refractivity contribution is -0.140. The third-order valence-electron chi connectivity index (χ3n) is 4.65. The molecule has 26 heavy (non-hydrogen) atoms. The summed E-state index contributed by atoms with van der Waals surface area (Å²) in [5.41, 5.74) is 2.92. The van der Waals surface area contributed by atoms with Gasteiger partial charge in [-0.3, -0.25) is 9.59 Å². The molecule has 0 aliphatic carbocycles. The quantitative estimate of drug-likeness (QED) is 0.869. The van der Waals surface area contributed by atoms with Crippen LogP contribution in [0.5, 0.6) is 0 Å². The molecule has 1 heterocycles. The second-order valence-electron chi connectivity index (χ2n) is 6.27. The van der Waals surface area contributed by atoms with Gasteiger partial charge in [0, 0.05) is 13.5 Å². The number of nitrogens with zero attached hydrogens (tertiary/aromatic N) is 2. The highest BCUT2D eigenvalue weighted by atomic mass is 16.2. The van der Waals surface area contributed by atoms with Gasteiger partial charge in [0.2, 0.25) is 5.91 Å². The molecule has 1 aliphatic rings. The van der Waals surface area contributed by atoms with Crippen LogP contribution in [0.25, 0.3) is 5.57 Å². The van der Waals surface area contributed by atoms with E-state index in [0.29, 0.717) is 23.1 Å². The van der Waals surface area contributed by atoms with Gasteiger partial charge in [-0.2, -0.15) is 5.26 Å². The Kier molecular flexibility index (Phi) is 4.85. The van der Waals surface area contributed by atoms with Crippen LogP contribution in [0.2, 0.25) is 0 Å². The first-order valence-corrected chi connectivity index (χ1v) is 8.35. The Bertz CT molecular complexity index is 926. The van der Waals surface area contributed by atoms with Gasteiger partial charge in [0.25, 0.3) is 5.91 Å². The molecule has 0 radical (unpaired) electrons. The molecule has 1 N–H and O–H groups in total. The summed E-state index contributed by atoms with van der Waals surface area (Å²) in [6, 6.07) is 18.2. The molecule has 1 fully saturated rings. The van der Waals surface area contributed by atoms with Crippen molar-refractivity contribution in [1.29, 1.82) is 5.26 Å². The smallest absolute Gasteiger partial charge is 0.271 e. The second kappa shape index (κ2) is 7.24. The first-order chi connectivity index (χ1) is 12.5. The van der Waals surface area contributed by atoms with E-state index in [-0.39, 0.29) is 17.5 Å². The Hall–Kier alpha value is -3.39. The van der Waals surface area contributed by atoms with Gasteiger partial charge < -0.3 is 10.2 Å². The predicted octanol–water partition coefficient (Wildman–Crippen LogP) is 2.49. The monoisotopic (exact) mass is 345 g/mol. The summed E-state index contributed by atoms with van der Waals surface area (Å²) in [5, 5.41) is 12.0. The van der Waals surface area contributed by atoms with Gasteiger partial charge in [-0.05, 0) is 29.7 Å². The van der Waals surface area contributed by atoms with Gasteiger partial charge in [0.1, 0.15) is 11.7 Å². The van der Waals surface area contributed by atoms with Crippen LogP contribution in [-0.2, 0) is 16.0 Å². The van der Waals surface area contributed by atoms with E-state index in [1.807, 2.05) is 30.3 Å². The average Bonchev–Trinajstić information content (AvgIpc) is 2.68. The molecule has 1 unspecified atom stereocenters. The molecule has 1 aliphatic heterocycles. The van der Waals surface area contributed by atoms with Gasteiger partial charge in [-0.25, -0.2) is 0 Å². The zero-order valence-corrected chi connectivity index (χ0v) is 14.7. The van der Waals surface area contributed by atoms with E-state index in [1.165, 1.54) is 4.90 Å². The Labute approximate surface area is 152 Å². The zero-order chi connectivity index (χ0) is 18.7. The van der Waals surface area contributed by atoms with Crippen LogP contribution >= 0.6 is 0 Å². The number of allylic oxidation sites excluding steroid dienone is 1. The van der Waals surface area contributed by atoms with E-state index in [0.717, 1.165) is 5.56 Å². The normalized spacial score (nSPS) is 19.0. The van der Waals surface area contributed by atoms with Crippen molar-refractivity contribution in [2.75, 3.05) is 7.05 Å². The van der Waals surface area contributed by atoms with Gasteiger partial charge in [-0.15, -0.1) is 0 Å². The lowest BCUT2D eigenvalue weighted by Gasteiger charge is -2.34. The average molecular weight is 345 g/mol. The molecule has 3 rings (SSSR count). The van der Waals surface area contributed by atoms with Gasteiger partial charge in [-0.1, -0.05) is 48.5 Å². The summed E-state index contributed by atoms with van der Waals surface area (Å²) in [6.45, 7) is 1.75. The first-order valence-electron chi connectivity index (χ1n) is 8.35. The minimum absolute atomic E-state index is 0.222. The largest absolute Gasteiger partial charge is 0.328 e. The summed E-state index contributed by atoms with van der Waals surface area (Å²) in [5.74, 6) is -0.476. The van der Waals surface area contributed by atoms with Crippen LogP contribution in [0.15, 0.2) is 60.3 Å². The van der Waals surface area contributed by atoms with Crippen molar-refractivity contribution in [3.8, 4) is 6.07 Å². The highest BCUT2D eigenvalue weighted by molar-refractivity contribution is 6.09. The number of hydrogen-bond donors (Lipinski definition) is 1. The number of carbonyl (C=O) groups is 2. The van der Waals surface area contributed by atoms with Gasteiger partial charge in [0.05, 0.1) is 11.6 Å². The molecule has 0 aromatic heterocycles. The summed E-state index contributed by atoms with van der Waals surface area (Å²) >= 11 is 0. The number of likely N-dealkylation sites (N-methyl/N-ethyl adjacent to an activating group) is 1. The van der Waals surface area contributed by atoms with E-state index in [9.17, 15) is 14.9 Å². The van der Waals surface area contributed by atoms with Crippen LogP contribution < -0.4 is 5.32 Å². The van der Waals surface area contributed by atoms with E-state index >= 15 is 0 Å². The molecule has 0 saturated carbocycles. The zero-order valence-electron chi connectivity index (χ0n) is 14.7. The van der Waals surface area contributed by atoms with E-state index in [1.54, 1.807) is 38.2 Å². The third-order valence-corrected chi connectivity index (χ3v) is 4.65. The van der Waals surface area contributed by atoms with Crippen molar-refractivity contribution in [3.05, 3.63) is 77.0 Å². The molecule has 130 valence electrons. The fraction of sp³-hybridized carbons (Fsp3) is 0.190. The molecule has 5 heteroatoms. The maximum Gasteiger partial charge on any atom is 0.271 e. The number of benzene rings is 2. The third kappa shape index (κ3) is 3.22. The molecular weight excluding hydrogens is 326 g/mol. The minimum Gasteiger partial charge on any atom is -0.328 e. The highest BCUT2D eigenvalue weighted by Gasteiger charge is 2.36. The van der Waals surface area contributed by atoms with Crippen LogP contribution in [0.3, 0.4) is 0 Å². The van der Waals surface area contributed by atoms with E-state index in [4.69, 9.17) is 0 Å². The Morgan fingerprint density at radius 1 is 1.12 bits per heavy atom. The number of nitrogens with one attached hydrogen (secondary N) is 1. The van der Waals surface area contributed by atoms with Crippen LogP contribution in [0, 0.1) is 11.3 Å². The van der Waals surface area contributed by atoms with Crippen molar-refractivity contribution in [2.45, 2.75) is 19.4 Å². The van der Waals surface area contributed by atoms with Crippen molar-refractivity contribution < 1.29 is 9.59 Å². The minimum atomic E-state index is -0.562. The number of hydrogen-bond acceptors (Lipinski definition) is 3. The molecule has 2 aromatic carbocycles. The van der Waals surface area contributed by atoms with Crippen molar-refractivity contribution in [3.63, 3.8) is 0 Å². The van der Waals surface area contributed by atoms with Crippen molar-refractivity contribution in [2.24, 2.45) is 0 Å². The van der Waals surface area contributed by atoms with Gasteiger partial charge >= 0.3 is 0 Å². The highest BCUT2D eigenvalue weighted by Crippen LogP contribution is 2.25. The number of nitriles is 1. The first kappa shape index (κ1) is 17.4. The fourth-order valence-electron chi connectivity index (χ4n) is 3.12. The second-order valence-corrected chi connectivity index (χ2v) is 6.27. The number of rotatable bonds is 3. The molecular formula is C21H19N3O2. The van der Waals surface area contributed by atoms with E-state index < -0.39 is 6.04 Å². The van der Waals surface area contributed by atoms with Crippen molar-refractivity contribution in [1.82, 2.24) is 10.2 Å². The van der Waals surface area contributed by atoms with Gasteiger partial charge in [0.15, 0.2) is 0 Å². The number of carbonyl (C=O) groups excluding carboxylic acids is 2. The molecule has 0 spiro atoms. The number of amides is 2. The summed E-state index contributed by atoms with van der Waals surface area (Å²) in [6.07, 6.45) is 0.454. The van der Waals surface area contributed by atoms with E-state index in [2.05, 4.69) is 11.4 Å². The predicted molar refractivity (Wildman–Crippen MR) is 98.6 cm³/mol. The van der Waals surface area contributed by atoms with Crippen LogP contribution in [-0.4, -0.2) is 29.8 Å². The van der Waals surface area contributed by atoms with Crippen molar-refractivity contribution >= 4 is 17.4 Å². The maximum absolute atomic E-state index is 12.9. The molecule has 0 bridgehead atoms. The molecule has 1 atom stereocenters. The Morgan fingerprint density at radius 2 is 1.77 bits per heavy atom. The summed E-state index contributed by atoms with van der Waals surface area (Å²) < 4.78 is 0. The molecule has 2 aromatic rings. The fourth-order valence-corrected chi connectivity index (χ4v) is 3.12. The topological polar surface area (TPSA) is 73.2 Å². The molecule has 1 saturated heterocycles.